The van der Waals surface area contributed by atoms with Crippen molar-refractivity contribution in [2.24, 2.45) is 13.0 Å². The lowest BCUT2D eigenvalue weighted by Crippen LogP contribution is -2.38. The van der Waals surface area contributed by atoms with Gasteiger partial charge in [-0.05, 0) is 26.4 Å². The topological polar surface area (TPSA) is 46.0 Å². The van der Waals surface area contributed by atoms with E-state index in [0.717, 1.165) is 24.7 Å². The zero-order valence-corrected chi connectivity index (χ0v) is 11.6. The molecule has 1 N–H and O–H groups in total. The van der Waals surface area contributed by atoms with Crippen molar-refractivity contribution in [3.05, 3.63) is 11.9 Å². The fourth-order valence-corrected chi connectivity index (χ4v) is 1.86. The van der Waals surface area contributed by atoms with E-state index in [4.69, 9.17) is 0 Å². The standard InChI is InChI=1S/C12H25N5/c1-10(2)6-11(16(3)4)7-13-8-12-9-14-15-17(12)5/h9-11,13H,6-8H2,1-5H3. The fraction of sp³-hybridized carbons (Fsp3) is 0.833. The zero-order chi connectivity index (χ0) is 12.8. The second-order valence-electron chi connectivity index (χ2n) is 5.23. The maximum Gasteiger partial charge on any atom is 0.0738 e. The van der Waals surface area contributed by atoms with Gasteiger partial charge in [0.25, 0.3) is 0 Å². The molecule has 0 bridgehead atoms. The summed E-state index contributed by atoms with van der Waals surface area (Å²) in [6.07, 6.45) is 3.02. The third kappa shape index (κ3) is 4.83. The van der Waals surface area contributed by atoms with Gasteiger partial charge in [0.1, 0.15) is 0 Å². The molecule has 0 amide bonds. The molecule has 1 aromatic rings. The summed E-state index contributed by atoms with van der Waals surface area (Å²) in [7, 11) is 6.20. The number of nitrogens with one attached hydrogen (secondary N) is 1. The van der Waals surface area contributed by atoms with Crippen molar-refractivity contribution < 1.29 is 0 Å². The van der Waals surface area contributed by atoms with Crippen LogP contribution in [0.4, 0.5) is 0 Å². The lowest BCUT2D eigenvalue weighted by Gasteiger charge is -2.26. The summed E-state index contributed by atoms with van der Waals surface area (Å²) in [6, 6.07) is 0.580. The number of nitrogens with zero attached hydrogens (tertiary/aromatic N) is 4. The lowest BCUT2D eigenvalue weighted by atomic mass is 10.0. The van der Waals surface area contributed by atoms with Crippen molar-refractivity contribution in [1.29, 1.82) is 0 Å². The van der Waals surface area contributed by atoms with E-state index in [0.29, 0.717) is 6.04 Å². The lowest BCUT2D eigenvalue weighted by molar-refractivity contribution is 0.246. The Balaban J connectivity index is 2.34. The average Bonchev–Trinajstić information content (AvgIpc) is 2.62. The molecule has 1 heterocycles. The first-order chi connectivity index (χ1) is 8.00. The van der Waals surface area contributed by atoms with Crippen LogP contribution in [-0.2, 0) is 13.6 Å². The van der Waals surface area contributed by atoms with Crippen LogP contribution in [0.25, 0.3) is 0 Å². The molecule has 17 heavy (non-hydrogen) atoms. The Morgan fingerprint density at radius 3 is 2.59 bits per heavy atom. The van der Waals surface area contributed by atoms with Crippen LogP contribution in [0, 0.1) is 5.92 Å². The van der Waals surface area contributed by atoms with Crippen LogP contribution in [0.1, 0.15) is 26.0 Å². The maximum atomic E-state index is 3.91. The minimum absolute atomic E-state index is 0.580. The van der Waals surface area contributed by atoms with E-state index in [9.17, 15) is 0 Å². The third-order valence-corrected chi connectivity index (χ3v) is 2.97. The Kier molecular flexibility index (Phi) is 5.58. The maximum absolute atomic E-state index is 3.91. The SMILES string of the molecule is CC(C)CC(CNCc1cnnn1C)N(C)C. The molecule has 0 aliphatic rings. The number of hydrogen-bond donors (Lipinski definition) is 1. The highest BCUT2D eigenvalue weighted by atomic mass is 15.4. The number of rotatable bonds is 7. The van der Waals surface area contributed by atoms with Crippen molar-refractivity contribution in [3.63, 3.8) is 0 Å². The van der Waals surface area contributed by atoms with Crippen LogP contribution in [0.5, 0.6) is 0 Å². The largest absolute Gasteiger partial charge is 0.310 e. The second-order valence-corrected chi connectivity index (χ2v) is 5.23. The fourth-order valence-electron chi connectivity index (χ4n) is 1.86. The summed E-state index contributed by atoms with van der Waals surface area (Å²) in [6.45, 7) is 6.35. The molecular formula is C12H25N5. The summed E-state index contributed by atoms with van der Waals surface area (Å²) in [4.78, 5) is 2.29. The summed E-state index contributed by atoms with van der Waals surface area (Å²) in [5.74, 6) is 0.725. The van der Waals surface area contributed by atoms with Gasteiger partial charge >= 0.3 is 0 Å². The van der Waals surface area contributed by atoms with Crippen molar-refractivity contribution in [2.75, 3.05) is 20.6 Å². The predicted octanol–water partition coefficient (Wildman–Crippen LogP) is 0.881. The van der Waals surface area contributed by atoms with Gasteiger partial charge in [-0.15, -0.1) is 5.10 Å². The van der Waals surface area contributed by atoms with Gasteiger partial charge in [-0.1, -0.05) is 19.1 Å². The zero-order valence-electron chi connectivity index (χ0n) is 11.6. The summed E-state index contributed by atoms with van der Waals surface area (Å²) in [5.41, 5.74) is 1.12. The third-order valence-electron chi connectivity index (χ3n) is 2.97. The summed E-state index contributed by atoms with van der Waals surface area (Å²) >= 11 is 0. The number of hydrogen-bond acceptors (Lipinski definition) is 4. The van der Waals surface area contributed by atoms with Crippen molar-refractivity contribution >= 4 is 0 Å². The highest BCUT2D eigenvalue weighted by Gasteiger charge is 2.12. The van der Waals surface area contributed by atoms with Crippen LogP contribution >= 0.6 is 0 Å². The Hall–Kier alpha value is -0.940. The first kappa shape index (κ1) is 14.1. The molecule has 1 aromatic heterocycles. The van der Waals surface area contributed by atoms with E-state index in [1.54, 1.807) is 10.9 Å². The normalized spacial score (nSPS) is 13.6. The smallest absolute Gasteiger partial charge is 0.0738 e. The van der Waals surface area contributed by atoms with E-state index in [-0.39, 0.29) is 0 Å². The first-order valence-corrected chi connectivity index (χ1v) is 6.21. The molecule has 0 fully saturated rings. The molecule has 0 aromatic carbocycles. The van der Waals surface area contributed by atoms with Gasteiger partial charge in [-0.2, -0.15) is 0 Å². The van der Waals surface area contributed by atoms with E-state index in [1.165, 1.54) is 6.42 Å². The summed E-state index contributed by atoms with van der Waals surface area (Å²) in [5, 5.41) is 11.3. The molecule has 98 valence electrons. The molecule has 0 saturated heterocycles. The Morgan fingerprint density at radius 2 is 2.12 bits per heavy atom. The van der Waals surface area contributed by atoms with E-state index >= 15 is 0 Å². The molecule has 0 saturated carbocycles. The monoisotopic (exact) mass is 239 g/mol. The van der Waals surface area contributed by atoms with Crippen LogP contribution < -0.4 is 5.32 Å². The molecular weight excluding hydrogens is 214 g/mol. The minimum atomic E-state index is 0.580. The predicted molar refractivity (Wildman–Crippen MR) is 69.6 cm³/mol. The van der Waals surface area contributed by atoms with Crippen LogP contribution in [0.3, 0.4) is 0 Å². The van der Waals surface area contributed by atoms with Gasteiger partial charge < -0.3 is 10.2 Å². The highest BCUT2D eigenvalue weighted by molar-refractivity contribution is 4.92. The Labute approximate surface area is 104 Å². The highest BCUT2D eigenvalue weighted by Crippen LogP contribution is 2.08. The summed E-state index contributed by atoms with van der Waals surface area (Å²) < 4.78 is 1.81. The molecule has 1 atom stereocenters. The second kappa shape index (κ2) is 6.71. The van der Waals surface area contributed by atoms with Crippen LogP contribution in [0.2, 0.25) is 0 Å². The molecule has 1 rings (SSSR count). The molecule has 5 heteroatoms. The number of aromatic nitrogens is 3. The van der Waals surface area contributed by atoms with Crippen LogP contribution in [0.15, 0.2) is 6.20 Å². The molecule has 0 aliphatic heterocycles. The number of likely N-dealkylation sites (N-methyl/N-ethyl adjacent to an activating group) is 1. The van der Waals surface area contributed by atoms with Gasteiger partial charge in [0, 0.05) is 26.2 Å². The Bertz CT molecular complexity index is 318. The molecule has 5 nitrogen and oxygen atoms in total. The average molecular weight is 239 g/mol. The van der Waals surface area contributed by atoms with Gasteiger partial charge in [0.2, 0.25) is 0 Å². The van der Waals surface area contributed by atoms with Gasteiger partial charge in [0.05, 0.1) is 11.9 Å². The number of aryl methyl sites for hydroxylation is 1. The van der Waals surface area contributed by atoms with E-state index in [2.05, 4.69) is 48.5 Å². The molecule has 0 radical (unpaired) electrons. The molecule has 0 aliphatic carbocycles. The van der Waals surface area contributed by atoms with Crippen LogP contribution in [-0.4, -0.2) is 46.6 Å². The quantitative estimate of drug-likeness (QED) is 0.767. The van der Waals surface area contributed by atoms with E-state index in [1.807, 2.05) is 7.05 Å². The van der Waals surface area contributed by atoms with Gasteiger partial charge in [-0.25, -0.2) is 0 Å². The minimum Gasteiger partial charge on any atom is -0.310 e. The Morgan fingerprint density at radius 1 is 1.41 bits per heavy atom. The van der Waals surface area contributed by atoms with Crippen molar-refractivity contribution in [3.8, 4) is 0 Å². The van der Waals surface area contributed by atoms with Crippen molar-refractivity contribution in [2.45, 2.75) is 32.9 Å². The van der Waals surface area contributed by atoms with Gasteiger partial charge in [0.15, 0.2) is 0 Å². The molecule has 0 spiro atoms. The first-order valence-electron chi connectivity index (χ1n) is 6.21. The van der Waals surface area contributed by atoms with Crippen molar-refractivity contribution in [1.82, 2.24) is 25.2 Å². The van der Waals surface area contributed by atoms with Gasteiger partial charge in [-0.3, -0.25) is 4.68 Å². The van der Waals surface area contributed by atoms with E-state index < -0.39 is 0 Å². The molecule has 1 unspecified atom stereocenters.